The molecule has 1 N–H and O–H groups in total. The molecule has 16 heavy (non-hydrogen) atoms. The fourth-order valence-electron chi connectivity index (χ4n) is 0.982. The largest absolute Gasteiger partial charge is 0.493 e. The SMILES string of the molecule is O=C(O)CCOc1ccc([N+](=O)[O-])c(Cl)c1. The van der Waals surface area contributed by atoms with E-state index in [1.54, 1.807) is 0 Å². The predicted octanol–water partition coefficient (Wildman–Crippen LogP) is 2.10. The maximum atomic E-state index is 10.4. The Morgan fingerprint density at radius 2 is 2.25 bits per heavy atom. The zero-order valence-electron chi connectivity index (χ0n) is 8.05. The second kappa shape index (κ2) is 5.32. The van der Waals surface area contributed by atoms with E-state index in [1.165, 1.54) is 18.2 Å². The van der Waals surface area contributed by atoms with Gasteiger partial charge in [0.2, 0.25) is 0 Å². The molecule has 1 aromatic carbocycles. The third-order valence-electron chi connectivity index (χ3n) is 1.70. The number of hydrogen-bond donors (Lipinski definition) is 1. The van der Waals surface area contributed by atoms with Gasteiger partial charge in [-0.3, -0.25) is 14.9 Å². The molecule has 0 aliphatic carbocycles. The highest BCUT2D eigenvalue weighted by Gasteiger charge is 2.12. The normalized spacial score (nSPS) is 9.81. The van der Waals surface area contributed by atoms with E-state index in [0.29, 0.717) is 5.75 Å². The van der Waals surface area contributed by atoms with E-state index in [4.69, 9.17) is 21.4 Å². The number of aliphatic carboxylic acids is 1. The van der Waals surface area contributed by atoms with Crippen LogP contribution in [-0.4, -0.2) is 22.6 Å². The van der Waals surface area contributed by atoms with Crippen LogP contribution in [0.5, 0.6) is 5.75 Å². The number of rotatable bonds is 5. The van der Waals surface area contributed by atoms with Crippen LogP contribution in [0.4, 0.5) is 5.69 Å². The zero-order chi connectivity index (χ0) is 12.1. The smallest absolute Gasteiger partial charge is 0.306 e. The van der Waals surface area contributed by atoms with Gasteiger partial charge in [-0.25, -0.2) is 0 Å². The van der Waals surface area contributed by atoms with Crippen LogP contribution in [-0.2, 0) is 4.79 Å². The fourth-order valence-corrected chi connectivity index (χ4v) is 1.22. The van der Waals surface area contributed by atoms with Crippen LogP contribution in [0.15, 0.2) is 18.2 Å². The first kappa shape index (κ1) is 12.3. The lowest BCUT2D eigenvalue weighted by atomic mass is 10.3. The summed E-state index contributed by atoms with van der Waals surface area (Å²) in [5.74, 6) is -0.676. The highest BCUT2D eigenvalue weighted by Crippen LogP contribution is 2.28. The molecule has 0 aliphatic rings. The van der Waals surface area contributed by atoms with Crippen LogP contribution in [0.2, 0.25) is 5.02 Å². The lowest BCUT2D eigenvalue weighted by molar-refractivity contribution is -0.384. The lowest BCUT2D eigenvalue weighted by Gasteiger charge is -2.04. The molecule has 0 fully saturated rings. The first-order chi connectivity index (χ1) is 7.50. The summed E-state index contributed by atoms with van der Waals surface area (Å²) in [4.78, 5) is 20.0. The summed E-state index contributed by atoms with van der Waals surface area (Å²) in [6.07, 6.45) is -0.144. The van der Waals surface area contributed by atoms with E-state index in [1.807, 2.05) is 0 Å². The van der Waals surface area contributed by atoms with Crippen LogP contribution in [0.1, 0.15) is 6.42 Å². The quantitative estimate of drug-likeness (QED) is 0.634. The number of hydrogen-bond acceptors (Lipinski definition) is 4. The Kier molecular flexibility index (Phi) is 4.07. The Balaban J connectivity index is 2.66. The van der Waals surface area contributed by atoms with Crippen molar-refractivity contribution in [1.29, 1.82) is 0 Å². The molecule has 0 unspecified atom stereocenters. The average molecular weight is 246 g/mol. The second-order valence-electron chi connectivity index (χ2n) is 2.86. The van der Waals surface area contributed by atoms with Gasteiger partial charge in [-0.1, -0.05) is 11.6 Å². The van der Waals surface area contributed by atoms with Gasteiger partial charge < -0.3 is 9.84 Å². The van der Waals surface area contributed by atoms with Crippen molar-refractivity contribution in [2.45, 2.75) is 6.42 Å². The Bertz CT molecular complexity index is 420. The predicted molar refractivity (Wildman–Crippen MR) is 55.9 cm³/mol. The molecule has 0 spiro atoms. The Hall–Kier alpha value is -1.82. The Morgan fingerprint density at radius 3 is 2.75 bits per heavy atom. The molecule has 0 heterocycles. The molecule has 1 rings (SSSR count). The number of carbonyl (C=O) groups is 1. The van der Waals surface area contributed by atoms with Crippen LogP contribution in [0.3, 0.4) is 0 Å². The molecule has 0 saturated heterocycles. The molecule has 86 valence electrons. The molecule has 6 nitrogen and oxygen atoms in total. The lowest BCUT2D eigenvalue weighted by Crippen LogP contribution is -2.04. The number of nitro benzene ring substituents is 1. The Labute approximate surface area is 95.6 Å². The molecule has 0 radical (unpaired) electrons. The van der Waals surface area contributed by atoms with Gasteiger partial charge in [-0.05, 0) is 6.07 Å². The highest BCUT2D eigenvalue weighted by atomic mass is 35.5. The van der Waals surface area contributed by atoms with Crippen LogP contribution < -0.4 is 4.74 Å². The third kappa shape index (κ3) is 3.39. The van der Waals surface area contributed by atoms with Gasteiger partial charge >= 0.3 is 5.97 Å². The molecule has 0 amide bonds. The minimum Gasteiger partial charge on any atom is -0.493 e. The Morgan fingerprint density at radius 1 is 1.56 bits per heavy atom. The number of benzene rings is 1. The molecule has 0 aliphatic heterocycles. The molecular weight excluding hydrogens is 238 g/mol. The second-order valence-corrected chi connectivity index (χ2v) is 3.27. The number of carboxylic acids is 1. The van der Waals surface area contributed by atoms with Crippen molar-refractivity contribution in [1.82, 2.24) is 0 Å². The van der Waals surface area contributed by atoms with Crippen molar-refractivity contribution in [2.75, 3.05) is 6.61 Å². The van der Waals surface area contributed by atoms with Gasteiger partial charge in [-0.15, -0.1) is 0 Å². The summed E-state index contributed by atoms with van der Waals surface area (Å²) in [5, 5.41) is 18.8. The summed E-state index contributed by atoms with van der Waals surface area (Å²) < 4.78 is 5.04. The monoisotopic (exact) mass is 245 g/mol. The first-order valence-electron chi connectivity index (χ1n) is 4.29. The number of nitro groups is 1. The molecule has 0 bridgehead atoms. The van der Waals surface area contributed by atoms with Crippen molar-refractivity contribution in [3.8, 4) is 5.75 Å². The minimum absolute atomic E-state index is 0.0104. The van der Waals surface area contributed by atoms with Crippen molar-refractivity contribution in [3.63, 3.8) is 0 Å². The highest BCUT2D eigenvalue weighted by molar-refractivity contribution is 6.32. The van der Waals surface area contributed by atoms with E-state index >= 15 is 0 Å². The minimum atomic E-state index is -0.979. The number of nitrogens with zero attached hydrogens (tertiary/aromatic N) is 1. The van der Waals surface area contributed by atoms with Gasteiger partial charge in [-0.2, -0.15) is 0 Å². The van der Waals surface area contributed by atoms with Crippen LogP contribution >= 0.6 is 11.6 Å². The summed E-state index contributed by atoms with van der Waals surface area (Å²) in [7, 11) is 0. The van der Waals surface area contributed by atoms with Gasteiger partial charge in [0.1, 0.15) is 10.8 Å². The average Bonchev–Trinajstić information content (AvgIpc) is 2.16. The molecular formula is C9H8ClNO5. The zero-order valence-corrected chi connectivity index (χ0v) is 8.81. The topological polar surface area (TPSA) is 89.7 Å². The van der Waals surface area contributed by atoms with Crippen LogP contribution in [0.25, 0.3) is 0 Å². The molecule has 0 aromatic heterocycles. The maximum absolute atomic E-state index is 10.4. The van der Waals surface area contributed by atoms with Gasteiger partial charge in [0, 0.05) is 12.1 Å². The van der Waals surface area contributed by atoms with Crippen molar-refractivity contribution in [2.24, 2.45) is 0 Å². The van der Waals surface area contributed by atoms with E-state index in [0.717, 1.165) is 0 Å². The summed E-state index contributed by atoms with van der Waals surface area (Å²) in [5.41, 5.74) is -0.216. The first-order valence-corrected chi connectivity index (χ1v) is 4.67. The number of carboxylic acid groups (broad SMARTS) is 1. The van der Waals surface area contributed by atoms with E-state index < -0.39 is 10.9 Å². The van der Waals surface area contributed by atoms with E-state index in [-0.39, 0.29) is 23.7 Å². The van der Waals surface area contributed by atoms with E-state index in [2.05, 4.69) is 0 Å². The van der Waals surface area contributed by atoms with Crippen molar-refractivity contribution in [3.05, 3.63) is 33.3 Å². The third-order valence-corrected chi connectivity index (χ3v) is 2.00. The fraction of sp³-hybridized carbons (Fsp3) is 0.222. The molecule has 7 heteroatoms. The van der Waals surface area contributed by atoms with Crippen molar-refractivity contribution < 1.29 is 19.6 Å². The van der Waals surface area contributed by atoms with E-state index in [9.17, 15) is 14.9 Å². The van der Waals surface area contributed by atoms with Crippen molar-refractivity contribution >= 4 is 23.3 Å². The number of ether oxygens (including phenoxy) is 1. The standard InChI is InChI=1S/C9H8ClNO5/c10-7-5-6(16-4-3-9(12)13)1-2-8(7)11(14)15/h1-2,5H,3-4H2,(H,12,13). The summed E-state index contributed by atoms with van der Waals surface area (Å²) in [6, 6.07) is 3.85. The molecule has 0 saturated carbocycles. The van der Waals surface area contributed by atoms with Gasteiger partial charge in [0.05, 0.1) is 18.0 Å². The summed E-state index contributed by atoms with van der Waals surface area (Å²) in [6.45, 7) is -0.0104. The molecule has 0 atom stereocenters. The molecule has 1 aromatic rings. The summed E-state index contributed by atoms with van der Waals surface area (Å²) >= 11 is 5.63. The number of halogens is 1. The van der Waals surface area contributed by atoms with Gasteiger partial charge in [0.25, 0.3) is 5.69 Å². The van der Waals surface area contributed by atoms with Gasteiger partial charge in [0.15, 0.2) is 0 Å². The van der Waals surface area contributed by atoms with Crippen LogP contribution in [0, 0.1) is 10.1 Å². The maximum Gasteiger partial charge on any atom is 0.306 e.